The lowest BCUT2D eigenvalue weighted by Crippen LogP contribution is -2.06. The lowest BCUT2D eigenvalue weighted by molar-refractivity contribution is 0.501. The molecule has 0 bridgehead atoms. The quantitative estimate of drug-likeness (QED) is 0.871. The van der Waals surface area contributed by atoms with Gasteiger partial charge in [0, 0.05) is 14.2 Å². The molecule has 80 valence electrons. The average molecular weight is 276 g/mol. The van der Waals surface area contributed by atoms with Gasteiger partial charge in [0.25, 0.3) is 0 Å². The molecule has 1 heterocycles. The van der Waals surface area contributed by atoms with Gasteiger partial charge in [0.05, 0.1) is 0 Å². The predicted octanol–water partition coefficient (Wildman–Crippen LogP) is 3.74. The molecule has 0 saturated heterocycles. The van der Waals surface area contributed by atoms with E-state index in [1.54, 1.807) is 0 Å². The van der Waals surface area contributed by atoms with Gasteiger partial charge in [-0.1, -0.05) is 6.92 Å². The van der Waals surface area contributed by atoms with Gasteiger partial charge < -0.3 is 5.73 Å². The van der Waals surface area contributed by atoms with E-state index in [0.29, 0.717) is 0 Å². The summed E-state index contributed by atoms with van der Waals surface area (Å²) in [4.78, 5) is 2.87. The number of thiophene rings is 1. The number of rotatable bonds is 5. The Morgan fingerprint density at radius 2 is 2.21 bits per heavy atom. The van der Waals surface area contributed by atoms with Gasteiger partial charge in [-0.2, -0.15) is 0 Å². The number of hydrogen-bond acceptors (Lipinski definition) is 2. The number of hydrogen-bond donors (Lipinski definition) is 1. The Morgan fingerprint density at radius 1 is 1.50 bits per heavy atom. The van der Waals surface area contributed by atoms with Gasteiger partial charge in [-0.3, -0.25) is 0 Å². The molecule has 1 unspecified atom stereocenters. The summed E-state index contributed by atoms with van der Waals surface area (Å²) >= 11 is 5.49. The Balaban J connectivity index is 2.41. The molecule has 14 heavy (non-hydrogen) atoms. The first-order valence-corrected chi connectivity index (χ1v) is 6.69. The van der Waals surface area contributed by atoms with Crippen molar-refractivity contribution in [3.8, 4) is 0 Å². The molecule has 0 saturated carbocycles. The van der Waals surface area contributed by atoms with Crippen LogP contribution in [-0.2, 0) is 6.42 Å². The second-order valence-corrected chi connectivity index (χ2v) is 6.04. The maximum absolute atomic E-state index is 5.53. The van der Waals surface area contributed by atoms with E-state index in [9.17, 15) is 0 Å². The van der Waals surface area contributed by atoms with Crippen LogP contribution in [0.1, 0.15) is 29.5 Å². The summed E-state index contributed by atoms with van der Waals surface area (Å²) in [6, 6.07) is 2.20. The van der Waals surface area contributed by atoms with Crippen molar-refractivity contribution in [3.63, 3.8) is 0 Å². The van der Waals surface area contributed by atoms with Crippen molar-refractivity contribution in [2.75, 3.05) is 6.54 Å². The van der Waals surface area contributed by atoms with Gasteiger partial charge in [0.2, 0.25) is 0 Å². The van der Waals surface area contributed by atoms with E-state index in [0.717, 1.165) is 18.9 Å². The minimum absolute atomic E-state index is 0.745. The van der Waals surface area contributed by atoms with Gasteiger partial charge in [-0.15, -0.1) is 11.3 Å². The molecule has 0 fully saturated rings. The standard InChI is InChI=1S/C11H18BrNS/c1-8(5-6-13)3-4-11-10(12)7-9(2)14-11/h7-8H,3-6,13H2,1-2H3. The maximum atomic E-state index is 5.53. The highest BCUT2D eigenvalue weighted by Gasteiger charge is 2.07. The number of aryl methyl sites for hydroxylation is 2. The van der Waals surface area contributed by atoms with E-state index in [2.05, 4.69) is 35.8 Å². The maximum Gasteiger partial charge on any atom is 0.0317 e. The van der Waals surface area contributed by atoms with Gasteiger partial charge in [-0.05, 0) is 60.6 Å². The fourth-order valence-electron chi connectivity index (χ4n) is 1.51. The molecule has 0 aliphatic carbocycles. The zero-order chi connectivity index (χ0) is 10.6. The molecule has 0 aliphatic rings. The molecular weight excluding hydrogens is 258 g/mol. The van der Waals surface area contributed by atoms with Crippen LogP contribution in [-0.4, -0.2) is 6.54 Å². The zero-order valence-corrected chi connectivity index (χ0v) is 11.2. The van der Waals surface area contributed by atoms with Crippen molar-refractivity contribution < 1.29 is 0 Å². The summed E-state index contributed by atoms with van der Waals surface area (Å²) in [6.45, 7) is 5.25. The van der Waals surface area contributed by atoms with Crippen LogP contribution in [0, 0.1) is 12.8 Å². The van der Waals surface area contributed by atoms with Crippen molar-refractivity contribution in [2.45, 2.75) is 33.1 Å². The molecule has 1 aromatic heterocycles. The number of nitrogens with two attached hydrogens (primary N) is 1. The fourth-order valence-corrected chi connectivity index (χ4v) is 3.39. The van der Waals surface area contributed by atoms with Gasteiger partial charge in [-0.25, -0.2) is 0 Å². The van der Waals surface area contributed by atoms with Crippen molar-refractivity contribution in [1.29, 1.82) is 0 Å². The molecule has 1 atom stereocenters. The molecular formula is C11H18BrNS. The second kappa shape index (κ2) is 5.89. The lowest BCUT2D eigenvalue weighted by Gasteiger charge is -2.08. The molecule has 1 nitrogen and oxygen atoms in total. The van der Waals surface area contributed by atoms with Gasteiger partial charge in [0.1, 0.15) is 0 Å². The van der Waals surface area contributed by atoms with Crippen molar-refractivity contribution in [3.05, 3.63) is 20.3 Å². The van der Waals surface area contributed by atoms with Crippen LogP contribution in [0.15, 0.2) is 10.5 Å². The van der Waals surface area contributed by atoms with Crippen LogP contribution >= 0.6 is 27.3 Å². The Morgan fingerprint density at radius 3 is 2.71 bits per heavy atom. The number of halogens is 1. The Hall–Kier alpha value is 0.140. The fraction of sp³-hybridized carbons (Fsp3) is 0.636. The Labute approximate surface area is 98.8 Å². The van der Waals surface area contributed by atoms with Gasteiger partial charge >= 0.3 is 0 Å². The molecule has 0 aliphatic heterocycles. The summed E-state index contributed by atoms with van der Waals surface area (Å²) in [6.07, 6.45) is 3.57. The SMILES string of the molecule is Cc1cc(Br)c(CCC(C)CCN)s1. The summed E-state index contributed by atoms with van der Waals surface area (Å²) < 4.78 is 1.28. The molecule has 1 aromatic rings. The summed E-state index contributed by atoms with van der Waals surface area (Å²) in [5.41, 5.74) is 5.53. The third kappa shape index (κ3) is 3.71. The van der Waals surface area contributed by atoms with E-state index in [-0.39, 0.29) is 0 Å². The van der Waals surface area contributed by atoms with Crippen LogP contribution in [0.5, 0.6) is 0 Å². The zero-order valence-electron chi connectivity index (χ0n) is 8.85. The molecule has 1 rings (SSSR count). The van der Waals surface area contributed by atoms with E-state index in [1.807, 2.05) is 11.3 Å². The highest BCUT2D eigenvalue weighted by Crippen LogP contribution is 2.28. The van der Waals surface area contributed by atoms with Crippen molar-refractivity contribution in [1.82, 2.24) is 0 Å². The summed E-state index contributed by atoms with van der Waals surface area (Å²) in [5.74, 6) is 0.745. The summed E-state index contributed by atoms with van der Waals surface area (Å²) in [7, 11) is 0. The molecule has 2 N–H and O–H groups in total. The van der Waals surface area contributed by atoms with Crippen LogP contribution < -0.4 is 5.73 Å². The second-order valence-electron chi connectivity index (χ2n) is 3.85. The Bertz CT molecular complexity index is 283. The smallest absolute Gasteiger partial charge is 0.0317 e. The Kier molecular flexibility index (Phi) is 5.13. The van der Waals surface area contributed by atoms with E-state index < -0.39 is 0 Å². The predicted molar refractivity (Wildman–Crippen MR) is 67.9 cm³/mol. The third-order valence-corrected chi connectivity index (χ3v) is 4.48. The molecule has 0 radical (unpaired) electrons. The first kappa shape index (κ1) is 12.2. The third-order valence-electron chi connectivity index (χ3n) is 2.40. The minimum Gasteiger partial charge on any atom is -0.330 e. The average Bonchev–Trinajstić information content (AvgIpc) is 2.42. The van der Waals surface area contributed by atoms with E-state index in [1.165, 1.54) is 27.1 Å². The van der Waals surface area contributed by atoms with Crippen LogP contribution in [0.2, 0.25) is 0 Å². The highest BCUT2D eigenvalue weighted by molar-refractivity contribution is 9.10. The van der Waals surface area contributed by atoms with Crippen LogP contribution in [0.3, 0.4) is 0 Å². The first-order chi connectivity index (χ1) is 6.63. The van der Waals surface area contributed by atoms with E-state index >= 15 is 0 Å². The van der Waals surface area contributed by atoms with Crippen molar-refractivity contribution in [2.24, 2.45) is 11.7 Å². The van der Waals surface area contributed by atoms with Crippen molar-refractivity contribution >= 4 is 27.3 Å². The summed E-state index contributed by atoms with van der Waals surface area (Å²) in [5, 5.41) is 0. The van der Waals surface area contributed by atoms with Crippen LogP contribution in [0.4, 0.5) is 0 Å². The lowest BCUT2D eigenvalue weighted by atomic mass is 10.0. The molecule has 0 amide bonds. The first-order valence-electron chi connectivity index (χ1n) is 5.08. The minimum atomic E-state index is 0.745. The topological polar surface area (TPSA) is 26.0 Å². The van der Waals surface area contributed by atoms with Crippen LogP contribution in [0.25, 0.3) is 0 Å². The normalized spacial score (nSPS) is 13.1. The molecule has 0 spiro atoms. The largest absolute Gasteiger partial charge is 0.330 e. The monoisotopic (exact) mass is 275 g/mol. The van der Waals surface area contributed by atoms with Gasteiger partial charge in [0.15, 0.2) is 0 Å². The van der Waals surface area contributed by atoms with E-state index in [4.69, 9.17) is 5.73 Å². The molecule has 3 heteroatoms. The molecule has 0 aromatic carbocycles. The highest BCUT2D eigenvalue weighted by atomic mass is 79.9.